The third-order valence-electron chi connectivity index (χ3n) is 3.37. The van der Waals surface area contributed by atoms with Crippen LogP contribution in [0.4, 0.5) is 5.69 Å². The van der Waals surface area contributed by atoms with E-state index in [-0.39, 0.29) is 24.2 Å². The summed E-state index contributed by atoms with van der Waals surface area (Å²) in [7, 11) is 0. The van der Waals surface area contributed by atoms with E-state index >= 15 is 0 Å². The zero-order valence-corrected chi connectivity index (χ0v) is 11.1. The van der Waals surface area contributed by atoms with Crippen molar-refractivity contribution in [2.75, 3.05) is 5.32 Å². The van der Waals surface area contributed by atoms with Gasteiger partial charge in [-0.05, 0) is 31.0 Å². The molecular weight excluding hydrogens is 252 g/mol. The summed E-state index contributed by atoms with van der Waals surface area (Å²) >= 11 is 0. The van der Waals surface area contributed by atoms with Gasteiger partial charge in [0.15, 0.2) is 5.78 Å². The number of anilines is 1. The van der Waals surface area contributed by atoms with Crippen molar-refractivity contribution >= 4 is 17.4 Å². The highest BCUT2D eigenvalue weighted by atomic mass is 16.2. The lowest BCUT2D eigenvalue weighted by Gasteiger charge is -2.05. The molecule has 102 valence electrons. The number of ketones is 1. The van der Waals surface area contributed by atoms with Crippen LogP contribution in [-0.4, -0.2) is 16.3 Å². The van der Waals surface area contributed by atoms with E-state index in [4.69, 9.17) is 0 Å². The number of carbonyl (C=O) groups excluding carboxylic acids is 2. The van der Waals surface area contributed by atoms with E-state index in [2.05, 4.69) is 5.32 Å². The number of rotatable bonds is 5. The Labute approximate surface area is 117 Å². The van der Waals surface area contributed by atoms with Crippen LogP contribution in [0.2, 0.25) is 0 Å². The maximum absolute atomic E-state index is 11.9. The van der Waals surface area contributed by atoms with Gasteiger partial charge in [-0.25, -0.2) is 0 Å². The van der Waals surface area contributed by atoms with Gasteiger partial charge in [-0.3, -0.25) is 9.59 Å². The number of para-hydroxylation sites is 1. The number of Topliss-reactive ketones (excluding diaryl/α,β-unsaturated/α-hetero) is 1. The Balaban J connectivity index is 1.60. The van der Waals surface area contributed by atoms with Crippen molar-refractivity contribution in [3.05, 3.63) is 54.4 Å². The number of nitrogens with one attached hydrogen (secondary N) is 1. The Bertz CT molecular complexity index is 627. The number of aromatic nitrogens is 1. The molecule has 20 heavy (non-hydrogen) atoms. The fourth-order valence-electron chi connectivity index (χ4n) is 2.15. The van der Waals surface area contributed by atoms with Crippen molar-refractivity contribution in [2.45, 2.75) is 19.4 Å². The summed E-state index contributed by atoms with van der Waals surface area (Å²) < 4.78 is 1.74. The number of benzene rings is 1. The molecule has 1 aliphatic carbocycles. The second-order valence-corrected chi connectivity index (χ2v) is 5.13. The molecule has 4 nitrogen and oxygen atoms in total. The van der Waals surface area contributed by atoms with Crippen molar-refractivity contribution in [2.24, 2.45) is 5.92 Å². The normalized spacial score (nSPS) is 14.0. The summed E-state index contributed by atoms with van der Waals surface area (Å²) in [4.78, 5) is 23.8. The van der Waals surface area contributed by atoms with Crippen LogP contribution in [0.5, 0.6) is 0 Å². The van der Waals surface area contributed by atoms with Gasteiger partial charge in [0.05, 0.1) is 0 Å². The number of hydrogen-bond acceptors (Lipinski definition) is 2. The zero-order valence-electron chi connectivity index (χ0n) is 11.1. The van der Waals surface area contributed by atoms with E-state index in [0.29, 0.717) is 5.56 Å². The van der Waals surface area contributed by atoms with Crippen molar-refractivity contribution in [3.63, 3.8) is 0 Å². The van der Waals surface area contributed by atoms with E-state index < -0.39 is 0 Å². The summed E-state index contributed by atoms with van der Waals surface area (Å²) in [5, 5.41) is 2.82. The lowest BCUT2D eigenvalue weighted by molar-refractivity contribution is -0.116. The van der Waals surface area contributed by atoms with Crippen LogP contribution in [0.1, 0.15) is 23.2 Å². The first-order chi connectivity index (χ1) is 9.72. The molecule has 0 bridgehead atoms. The van der Waals surface area contributed by atoms with Gasteiger partial charge in [-0.2, -0.15) is 0 Å². The van der Waals surface area contributed by atoms with Gasteiger partial charge in [0.25, 0.3) is 0 Å². The molecule has 3 rings (SSSR count). The SMILES string of the molecule is O=C(Cn1ccc(C(=O)C2CC2)c1)Nc1ccccc1. The molecule has 4 heteroatoms. The second-order valence-electron chi connectivity index (χ2n) is 5.13. The lowest BCUT2D eigenvalue weighted by atomic mass is 10.1. The molecule has 2 aromatic rings. The zero-order chi connectivity index (χ0) is 13.9. The molecule has 0 unspecified atom stereocenters. The molecule has 1 amide bonds. The molecular formula is C16H16N2O2. The highest BCUT2D eigenvalue weighted by Gasteiger charge is 2.30. The Morgan fingerprint density at radius 2 is 1.90 bits per heavy atom. The van der Waals surface area contributed by atoms with Crippen molar-refractivity contribution in [3.8, 4) is 0 Å². The van der Waals surface area contributed by atoms with E-state index in [1.54, 1.807) is 23.0 Å². The number of carbonyl (C=O) groups is 2. The summed E-state index contributed by atoms with van der Waals surface area (Å²) in [6.45, 7) is 0.215. The quantitative estimate of drug-likeness (QED) is 0.848. The van der Waals surface area contributed by atoms with Crippen LogP contribution in [0.25, 0.3) is 0 Å². The summed E-state index contributed by atoms with van der Waals surface area (Å²) in [6.07, 6.45) is 5.53. The Kier molecular flexibility index (Phi) is 3.37. The Morgan fingerprint density at radius 3 is 2.60 bits per heavy atom. The molecule has 0 aliphatic heterocycles. The smallest absolute Gasteiger partial charge is 0.244 e. The molecule has 1 aromatic heterocycles. The van der Waals surface area contributed by atoms with Gasteiger partial charge in [-0.15, -0.1) is 0 Å². The highest BCUT2D eigenvalue weighted by molar-refractivity contribution is 5.99. The van der Waals surface area contributed by atoms with Crippen LogP contribution < -0.4 is 5.32 Å². The first-order valence-corrected chi connectivity index (χ1v) is 6.77. The summed E-state index contributed by atoms with van der Waals surface area (Å²) in [5.74, 6) is 0.313. The van der Waals surface area contributed by atoms with Crippen molar-refractivity contribution in [1.82, 2.24) is 4.57 Å². The monoisotopic (exact) mass is 268 g/mol. The predicted molar refractivity (Wildman–Crippen MR) is 76.6 cm³/mol. The van der Waals surface area contributed by atoms with Crippen LogP contribution in [0, 0.1) is 5.92 Å². The summed E-state index contributed by atoms with van der Waals surface area (Å²) in [5.41, 5.74) is 1.49. The van der Waals surface area contributed by atoms with E-state index in [1.165, 1.54) is 0 Å². The topological polar surface area (TPSA) is 51.1 Å². The van der Waals surface area contributed by atoms with Crippen LogP contribution in [0.15, 0.2) is 48.8 Å². The lowest BCUT2D eigenvalue weighted by Crippen LogP contribution is -2.17. The Morgan fingerprint density at radius 1 is 1.15 bits per heavy atom. The summed E-state index contributed by atoms with van der Waals surface area (Å²) in [6, 6.07) is 11.1. The molecule has 0 saturated heterocycles. The molecule has 1 N–H and O–H groups in total. The minimum Gasteiger partial charge on any atom is -0.344 e. The fraction of sp³-hybridized carbons (Fsp3) is 0.250. The molecule has 1 heterocycles. The highest BCUT2D eigenvalue weighted by Crippen LogP contribution is 2.32. The van der Waals surface area contributed by atoms with Gasteiger partial charge in [0.1, 0.15) is 6.54 Å². The van der Waals surface area contributed by atoms with Crippen molar-refractivity contribution in [1.29, 1.82) is 0 Å². The second kappa shape index (κ2) is 5.33. The average molecular weight is 268 g/mol. The van der Waals surface area contributed by atoms with Gasteiger partial charge in [0.2, 0.25) is 5.91 Å². The van der Waals surface area contributed by atoms with E-state index in [1.807, 2.05) is 30.3 Å². The molecule has 1 aliphatic rings. The minimum atomic E-state index is -0.0998. The fourth-order valence-corrected chi connectivity index (χ4v) is 2.15. The molecule has 0 spiro atoms. The molecule has 0 radical (unpaired) electrons. The van der Waals surface area contributed by atoms with E-state index in [0.717, 1.165) is 18.5 Å². The van der Waals surface area contributed by atoms with Gasteiger partial charge >= 0.3 is 0 Å². The molecule has 1 aromatic carbocycles. The molecule has 1 fully saturated rings. The van der Waals surface area contributed by atoms with Gasteiger partial charge in [-0.1, -0.05) is 18.2 Å². The Hall–Kier alpha value is -2.36. The number of hydrogen-bond donors (Lipinski definition) is 1. The number of amides is 1. The van der Waals surface area contributed by atoms with Crippen LogP contribution in [-0.2, 0) is 11.3 Å². The van der Waals surface area contributed by atoms with Gasteiger partial charge < -0.3 is 9.88 Å². The third-order valence-corrected chi connectivity index (χ3v) is 3.37. The standard InChI is InChI=1S/C16H16N2O2/c19-15(17-14-4-2-1-3-5-14)11-18-9-8-13(10-18)16(20)12-6-7-12/h1-5,8-10,12H,6-7,11H2,(H,17,19). The molecule has 1 saturated carbocycles. The largest absolute Gasteiger partial charge is 0.344 e. The van der Waals surface area contributed by atoms with Crippen LogP contribution >= 0.6 is 0 Å². The first kappa shape index (κ1) is 12.7. The maximum Gasteiger partial charge on any atom is 0.244 e. The predicted octanol–water partition coefficient (Wildman–Crippen LogP) is 2.72. The average Bonchev–Trinajstić information content (AvgIpc) is 3.19. The van der Waals surface area contributed by atoms with Crippen LogP contribution in [0.3, 0.4) is 0 Å². The number of nitrogens with zero attached hydrogens (tertiary/aromatic N) is 1. The minimum absolute atomic E-state index is 0.0998. The van der Waals surface area contributed by atoms with Crippen molar-refractivity contribution < 1.29 is 9.59 Å². The molecule has 0 atom stereocenters. The van der Waals surface area contributed by atoms with Gasteiger partial charge in [0, 0.05) is 29.6 Å². The third kappa shape index (κ3) is 2.96. The van der Waals surface area contributed by atoms with E-state index in [9.17, 15) is 9.59 Å². The maximum atomic E-state index is 11.9. The first-order valence-electron chi connectivity index (χ1n) is 6.77.